The molecule has 5 heteroatoms. The molecule has 0 saturated carbocycles. The lowest BCUT2D eigenvalue weighted by molar-refractivity contribution is 0.303. The highest BCUT2D eigenvalue weighted by Gasteiger charge is 2.06. The second-order valence-electron chi connectivity index (χ2n) is 4.67. The van der Waals surface area contributed by atoms with E-state index in [2.05, 4.69) is 6.92 Å². The third kappa shape index (κ3) is 6.75. The summed E-state index contributed by atoms with van der Waals surface area (Å²) >= 11 is 0. The van der Waals surface area contributed by atoms with Gasteiger partial charge in [-0.2, -0.15) is 0 Å². The first kappa shape index (κ1) is 18.7. The summed E-state index contributed by atoms with van der Waals surface area (Å²) in [5.41, 5.74) is 5.36. The first-order chi connectivity index (χ1) is 9.15. The van der Waals surface area contributed by atoms with Gasteiger partial charge in [-0.25, -0.2) is 4.39 Å². The fourth-order valence-electron chi connectivity index (χ4n) is 1.88. The Bertz CT molecular complexity index is 413. The fraction of sp³-hybridized carbons (Fsp3) is 0.533. The topological polar surface area (TPSA) is 59.1 Å². The first-order valence-corrected chi connectivity index (χ1v) is 6.92. The van der Waals surface area contributed by atoms with Crippen LogP contribution in [-0.4, -0.2) is 12.4 Å². The molecule has 0 aliphatic carbocycles. The van der Waals surface area contributed by atoms with Crippen LogP contribution < -0.4 is 10.5 Å². The summed E-state index contributed by atoms with van der Waals surface area (Å²) in [7, 11) is 0. The minimum atomic E-state index is -0.507. The summed E-state index contributed by atoms with van der Waals surface area (Å²) in [6, 6.07) is 4.42. The van der Waals surface area contributed by atoms with Gasteiger partial charge >= 0.3 is 0 Å². The average molecular weight is 303 g/mol. The largest absolute Gasteiger partial charge is 0.493 e. The molecule has 20 heavy (non-hydrogen) atoms. The second kappa shape index (κ2) is 10.5. The van der Waals surface area contributed by atoms with Crippen molar-refractivity contribution in [3.05, 3.63) is 29.6 Å². The number of nitrogens with two attached hydrogens (primary N) is 1. The molecule has 0 bridgehead atoms. The Kier molecular flexibility index (Phi) is 9.82. The summed E-state index contributed by atoms with van der Waals surface area (Å²) in [4.78, 5) is 0. The van der Waals surface area contributed by atoms with Crippen LogP contribution in [0.5, 0.6) is 5.75 Å². The quantitative estimate of drug-likeness (QED) is 0.406. The normalized spacial score (nSPS) is 9.90. The molecule has 1 aromatic carbocycles. The molecule has 0 atom stereocenters. The lowest BCUT2D eigenvalue weighted by Crippen LogP contribution is -2.13. The Morgan fingerprint density at radius 3 is 2.45 bits per heavy atom. The van der Waals surface area contributed by atoms with Gasteiger partial charge in [0.1, 0.15) is 17.4 Å². The molecule has 3 N–H and O–H groups in total. The fourth-order valence-corrected chi connectivity index (χ4v) is 1.88. The van der Waals surface area contributed by atoms with Gasteiger partial charge in [-0.1, -0.05) is 39.0 Å². The molecule has 1 aromatic rings. The van der Waals surface area contributed by atoms with Gasteiger partial charge in [0.2, 0.25) is 0 Å². The van der Waals surface area contributed by atoms with Gasteiger partial charge in [0.15, 0.2) is 0 Å². The molecule has 0 heterocycles. The van der Waals surface area contributed by atoms with Crippen molar-refractivity contribution in [2.75, 3.05) is 6.61 Å². The van der Waals surface area contributed by atoms with Crippen LogP contribution in [0.25, 0.3) is 0 Å². The predicted molar refractivity (Wildman–Crippen MR) is 83.5 cm³/mol. The molecular weight excluding hydrogens is 279 g/mol. The van der Waals surface area contributed by atoms with Crippen LogP contribution in [0.2, 0.25) is 0 Å². The molecule has 0 amide bonds. The third-order valence-corrected chi connectivity index (χ3v) is 3.00. The van der Waals surface area contributed by atoms with Crippen molar-refractivity contribution in [2.45, 2.75) is 45.4 Å². The molecule has 0 unspecified atom stereocenters. The van der Waals surface area contributed by atoms with Gasteiger partial charge in [0.05, 0.1) is 12.2 Å². The van der Waals surface area contributed by atoms with E-state index in [0.29, 0.717) is 12.4 Å². The second-order valence-corrected chi connectivity index (χ2v) is 4.67. The van der Waals surface area contributed by atoms with E-state index in [4.69, 9.17) is 15.9 Å². The van der Waals surface area contributed by atoms with Crippen LogP contribution in [0.1, 0.15) is 51.0 Å². The van der Waals surface area contributed by atoms with Gasteiger partial charge < -0.3 is 10.5 Å². The molecule has 0 radical (unpaired) electrons. The monoisotopic (exact) mass is 302 g/mol. The Morgan fingerprint density at radius 1 is 1.20 bits per heavy atom. The van der Waals surface area contributed by atoms with Crippen LogP contribution in [0.3, 0.4) is 0 Å². The van der Waals surface area contributed by atoms with Crippen molar-refractivity contribution < 1.29 is 9.13 Å². The molecule has 114 valence electrons. The maximum atomic E-state index is 13.5. The van der Waals surface area contributed by atoms with Gasteiger partial charge in [-0.15, -0.1) is 12.4 Å². The number of hydrogen-bond acceptors (Lipinski definition) is 2. The average Bonchev–Trinajstić information content (AvgIpc) is 2.37. The van der Waals surface area contributed by atoms with E-state index in [1.165, 1.54) is 37.8 Å². The van der Waals surface area contributed by atoms with Crippen molar-refractivity contribution in [1.82, 2.24) is 0 Å². The van der Waals surface area contributed by atoms with E-state index in [1.54, 1.807) is 6.07 Å². The number of benzene rings is 1. The Balaban J connectivity index is 0.00000361. The van der Waals surface area contributed by atoms with Crippen molar-refractivity contribution in [1.29, 1.82) is 5.41 Å². The summed E-state index contributed by atoms with van der Waals surface area (Å²) in [5.74, 6) is -0.274. The summed E-state index contributed by atoms with van der Waals surface area (Å²) in [5, 5.41) is 7.19. The van der Waals surface area contributed by atoms with Crippen LogP contribution in [0.15, 0.2) is 18.2 Å². The zero-order valence-electron chi connectivity index (χ0n) is 12.0. The zero-order valence-corrected chi connectivity index (χ0v) is 12.8. The van der Waals surface area contributed by atoms with Crippen LogP contribution in [0.4, 0.5) is 4.39 Å². The number of unbranched alkanes of at least 4 members (excludes halogenated alkanes) is 5. The molecule has 0 aromatic heterocycles. The van der Waals surface area contributed by atoms with Crippen LogP contribution >= 0.6 is 12.4 Å². The lowest BCUT2D eigenvalue weighted by atomic mass is 10.1. The highest BCUT2D eigenvalue weighted by Crippen LogP contribution is 2.17. The SMILES string of the molecule is CCCCCCCCOc1ccc(C(=N)N)c(F)c1.Cl. The summed E-state index contributed by atoms with van der Waals surface area (Å²) in [6.07, 6.45) is 7.18. The summed E-state index contributed by atoms with van der Waals surface area (Å²) in [6.45, 7) is 2.80. The number of nitrogen functional groups attached to an aromatic ring is 1. The molecule has 0 spiro atoms. The maximum absolute atomic E-state index is 13.5. The zero-order chi connectivity index (χ0) is 14.1. The van der Waals surface area contributed by atoms with Crippen LogP contribution in [-0.2, 0) is 0 Å². The molecule has 0 saturated heterocycles. The van der Waals surface area contributed by atoms with Crippen LogP contribution in [0, 0.1) is 11.2 Å². The summed E-state index contributed by atoms with van der Waals surface area (Å²) < 4.78 is 19.0. The Morgan fingerprint density at radius 2 is 1.85 bits per heavy atom. The van der Waals surface area contributed by atoms with Crippen molar-refractivity contribution in [3.8, 4) is 5.75 Å². The lowest BCUT2D eigenvalue weighted by Gasteiger charge is -2.08. The third-order valence-electron chi connectivity index (χ3n) is 3.00. The van der Waals surface area contributed by atoms with E-state index in [-0.39, 0.29) is 23.8 Å². The minimum absolute atomic E-state index is 0. The molecule has 3 nitrogen and oxygen atoms in total. The van der Waals surface area contributed by atoms with E-state index >= 15 is 0 Å². The molecule has 1 rings (SSSR count). The first-order valence-electron chi connectivity index (χ1n) is 6.92. The Hall–Kier alpha value is -1.29. The molecule has 0 fully saturated rings. The van der Waals surface area contributed by atoms with E-state index < -0.39 is 5.82 Å². The van der Waals surface area contributed by atoms with Crippen molar-refractivity contribution in [2.24, 2.45) is 5.73 Å². The van der Waals surface area contributed by atoms with Crippen molar-refractivity contribution in [3.63, 3.8) is 0 Å². The number of halogens is 2. The van der Waals surface area contributed by atoms with E-state index in [9.17, 15) is 4.39 Å². The minimum Gasteiger partial charge on any atom is -0.493 e. The number of hydrogen-bond donors (Lipinski definition) is 2. The van der Waals surface area contributed by atoms with E-state index in [0.717, 1.165) is 12.8 Å². The molecule has 0 aliphatic heterocycles. The molecule has 0 aliphatic rings. The number of ether oxygens (including phenoxy) is 1. The predicted octanol–water partition coefficient (Wildman–Crippen LogP) is 4.27. The standard InChI is InChI=1S/C15H23FN2O.ClH/c1-2-3-4-5-6-7-10-19-12-8-9-13(15(17)18)14(16)11-12;/h8-9,11H,2-7,10H2,1H3,(H3,17,18);1H. The highest BCUT2D eigenvalue weighted by atomic mass is 35.5. The van der Waals surface area contributed by atoms with E-state index in [1.807, 2.05) is 0 Å². The number of nitrogens with one attached hydrogen (secondary N) is 1. The smallest absolute Gasteiger partial charge is 0.137 e. The van der Waals surface area contributed by atoms with Gasteiger partial charge in [-0.05, 0) is 18.6 Å². The maximum Gasteiger partial charge on any atom is 0.137 e. The Labute approximate surface area is 126 Å². The van der Waals surface area contributed by atoms with Gasteiger partial charge in [0, 0.05) is 6.07 Å². The highest BCUT2D eigenvalue weighted by molar-refractivity contribution is 5.95. The van der Waals surface area contributed by atoms with Gasteiger partial charge in [-0.3, -0.25) is 5.41 Å². The van der Waals surface area contributed by atoms with Crippen molar-refractivity contribution >= 4 is 18.2 Å². The number of amidine groups is 1. The molecular formula is C15H24ClFN2O. The van der Waals surface area contributed by atoms with Gasteiger partial charge in [0.25, 0.3) is 0 Å². The number of rotatable bonds is 9.